The molecule has 2 aromatic rings. The third kappa shape index (κ3) is 3.14. The molecule has 0 fully saturated rings. The summed E-state index contributed by atoms with van der Waals surface area (Å²) >= 11 is 5.87. The second kappa shape index (κ2) is 5.58. The molecule has 2 N–H and O–H groups in total. The largest absolute Gasteiger partial charge is 0.385 e. The van der Waals surface area contributed by atoms with Gasteiger partial charge in [-0.15, -0.1) is 0 Å². The monoisotopic (exact) mass is 322 g/mol. The summed E-state index contributed by atoms with van der Waals surface area (Å²) in [4.78, 5) is 0.268. The Morgan fingerprint density at radius 1 is 1.14 bits per heavy atom. The van der Waals surface area contributed by atoms with E-state index in [4.69, 9.17) is 11.6 Å². The Kier molecular flexibility index (Phi) is 3.78. The Balaban J connectivity index is 1.91. The minimum Gasteiger partial charge on any atom is -0.385 e. The molecule has 0 atom stereocenters. The Morgan fingerprint density at radius 3 is 2.81 bits per heavy atom. The van der Waals surface area contributed by atoms with Crippen molar-refractivity contribution in [3.8, 4) is 0 Å². The van der Waals surface area contributed by atoms with Crippen LogP contribution >= 0.6 is 11.6 Å². The first-order chi connectivity index (χ1) is 10.0. The van der Waals surface area contributed by atoms with Gasteiger partial charge in [0.1, 0.15) is 0 Å². The minimum atomic E-state index is -3.60. The normalized spacial score (nSPS) is 14.1. The van der Waals surface area contributed by atoms with Gasteiger partial charge in [-0.1, -0.05) is 17.7 Å². The quantitative estimate of drug-likeness (QED) is 0.909. The van der Waals surface area contributed by atoms with Gasteiger partial charge in [-0.05, 0) is 54.8 Å². The Bertz CT molecular complexity index is 775. The van der Waals surface area contributed by atoms with Crippen LogP contribution in [0.4, 0.5) is 11.4 Å². The highest BCUT2D eigenvalue weighted by Crippen LogP contribution is 2.26. The van der Waals surface area contributed by atoms with E-state index in [1.54, 1.807) is 36.4 Å². The van der Waals surface area contributed by atoms with Crippen molar-refractivity contribution in [2.75, 3.05) is 16.6 Å². The van der Waals surface area contributed by atoms with Crippen LogP contribution in [0.25, 0.3) is 0 Å². The summed E-state index contributed by atoms with van der Waals surface area (Å²) in [6.07, 6.45) is 1.90. The molecule has 110 valence electrons. The maximum absolute atomic E-state index is 12.4. The number of rotatable bonds is 3. The zero-order valence-electron chi connectivity index (χ0n) is 11.3. The van der Waals surface area contributed by atoms with Crippen molar-refractivity contribution >= 4 is 33.0 Å². The van der Waals surface area contributed by atoms with Crippen molar-refractivity contribution in [2.24, 2.45) is 0 Å². The molecule has 0 bridgehead atoms. The number of fused-ring (bicyclic) bond motifs is 1. The van der Waals surface area contributed by atoms with Crippen LogP contribution in [0.1, 0.15) is 12.0 Å². The van der Waals surface area contributed by atoms with E-state index in [0.29, 0.717) is 10.7 Å². The number of anilines is 2. The van der Waals surface area contributed by atoms with E-state index in [1.807, 2.05) is 6.07 Å². The van der Waals surface area contributed by atoms with Crippen molar-refractivity contribution in [1.29, 1.82) is 0 Å². The molecule has 0 saturated heterocycles. The van der Waals surface area contributed by atoms with E-state index < -0.39 is 10.0 Å². The zero-order valence-corrected chi connectivity index (χ0v) is 12.8. The molecule has 1 heterocycles. The predicted octanol–water partition coefficient (Wildman–Crippen LogP) is 3.50. The van der Waals surface area contributed by atoms with E-state index in [0.717, 1.165) is 30.6 Å². The number of hydrogen-bond donors (Lipinski definition) is 2. The maximum atomic E-state index is 12.4. The number of benzene rings is 2. The molecular weight excluding hydrogens is 308 g/mol. The second-order valence-electron chi connectivity index (χ2n) is 4.97. The van der Waals surface area contributed by atoms with Crippen molar-refractivity contribution in [3.63, 3.8) is 0 Å². The van der Waals surface area contributed by atoms with Gasteiger partial charge in [0.2, 0.25) is 0 Å². The smallest absolute Gasteiger partial charge is 0.261 e. The van der Waals surface area contributed by atoms with Crippen LogP contribution in [0.3, 0.4) is 0 Å². The molecule has 3 rings (SSSR count). The highest BCUT2D eigenvalue weighted by atomic mass is 35.5. The number of nitrogens with one attached hydrogen (secondary N) is 2. The minimum absolute atomic E-state index is 0.268. The van der Waals surface area contributed by atoms with Crippen LogP contribution in [0.15, 0.2) is 47.4 Å². The van der Waals surface area contributed by atoms with Crippen molar-refractivity contribution < 1.29 is 8.42 Å². The molecule has 1 aliphatic rings. The lowest BCUT2D eigenvalue weighted by Crippen LogP contribution is -2.16. The Morgan fingerprint density at radius 2 is 2.00 bits per heavy atom. The molecule has 0 saturated carbocycles. The molecule has 4 nitrogen and oxygen atoms in total. The average molecular weight is 323 g/mol. The summed E-state index contributed by atoms with van der Waals surface area (Å²) < 4.78 is 27.4. The van der Waals surface area contributed by atoms with E-state index >= 15 is 0 Å². The molecule has 0 spiro atoms. The first-order valence-electron chi connectivity index (χ1n) is 6.70. The zero-order chi connectivity index (χ0) is 14.9. The predicted molar refractivity (Wildman–Crippen MR) is 85.5 cm³/mol. The van der Waals surface area contributed by atoms with Crippen molar-refractivity contribution in [3.05, 3.63) is 53.1 Å². The van der Waals surface area contributed by atoms with Crippen LogP contribution in [-0.2, 0) is 16.4 Å². The number of halogens is 1. The average Bonchev–Trinajstić information content (AvgIpc) is 2.46. The highest BCUT2D eigenvalue weighted by Gasteiger charge is 2.17. The Labute approximate surface area is 129 Å². The van der Waals surface area contributed by atoms with Crippen LogP contribution in [-0.4, -0.2) is 15.0 Å². The first kappa shape index (κ1) is 14.2. The van der Waals surface area contributed by atoms with E-state index in [1.165, 1.54) is 0 Å². The summed E-state index contributed by atoms with van der Waals surface area (Å²) in [5, 5.41) is 3.76. The van der Waals surface area contributed by atoms with Gasteiger partial charge >= 0.3 is 0 Å². The van der Waals surface area contributed by atoms with Gasteiger partial charge in [-0.3, -0.25) is 4.72 Å². The molecule has 0 aromatic heterocycles. The molecule has 2 aromatic carbocycles. The van der Waals surface area contributed by atoms with E-state index in [9.17, 15) is 8.42 Å². The number of hydrogen-bond acceptors (Lipinski definition) is 3. The van der Waals surface area contributed by atoms with Gasteiger partial charge in [0.05, 0.1) is 10.6 Å². The molecule has 0 unspecified atom stereocenters. The fraction of sp³-hybridized carbons (Fsp3) is 0.200. The van der Waals surface area contributed by atoms with Gasteiger partial charge in [0.15, 0.2) is 0 Å². The van der Waals surface area contributed by atoms with Crippen molar-refractivity contribution in [1.82, 2.24) is 0 Å². The van der Waals surface area contributed by atoms with Gasteiger partial charge in [-0.2, -0.15) is 0 Å². The second-order valence-corrected chi connectivity index (χ2v) is 7.08. The van der Waals surface area contributed by atoms with E-state index in [-0.39, 0.29) is 4.90 Å². The summed E-state index contributed by atoms with van der Waals surface area (Å²) in [6, 6.07) is 11.8. The summed E-state index contributed by atoms with van der Waals surface area (Å²) in [5.41, 5.74) is 2.51. The van der Waals surface area contributed by atoms with Crippen molar-refractivity contribution in [2.45, 2.75) is 17.7 Å². The topological polar surface area (TPSA) is 58.2 Å². The summed E-state index contributed by atoms with van der Waals surface area (Å²) in [5.74, 6) is 0. The number of aryl methyl sites for hydroxylation is 1. The maximum Gasteiger partial charge on any atom is 0.261 e. The molecular formula is C15H15ClN2O2S. The van der Waals surface area contributed by atoms with Gasteiger partial charge in [0.25, 0.3) is 10.0 Å². The molecule has 0 amide bonds. The third-order valence-corrected chi connectivity index (χ3v) is 5.02. The molecule has 0 aliphatic carbocycles. The molecule has 1 aliphatic heterocycles. The molecule has 0 radical (unpaired) electrons. The van der Waals surface area contributed by atoms with Gasteiger partial charge in [-0.25, -0.2) is 8.42 Å². The lowest BCUT2D eigenvalue weighted by atomic mass is 10.0. The van der Waals surface area contributed by atoms with Crippen LogP contribution in [0.5, 0.6) is 0 Å². The number of sulfonamides is 1. The fourth-order valence-electron chi connectivity index (χ4n) is 2.38. The lowest BCUT2D eigenvalue weighted by Gasteiger charge is -2.18. The Hall–Kier alpha value is -1.72. The molecule has 21 heavy (non-hydrogen) atoms. The van der Waals surface area contributed by atoms with Gasteiger partial charge in [0, 0.05) is 17.3 Å². The summed E-state index contributed by atoms with van der Waals surface area (Å²) in [6.45, 7) is 0.930. The molecule has 6 heteroatoms. The fourth-order valence-corrected chi connectivity index (χ4v) is 3.67. The van der Waals surface area contributed by atoms with Crippen LogP contribution < -0.4 is 10.0 Å². The summed E-state index contributed by atoms with van der Waals surface area (Å²) in [7, 11) is -3.60. The van der Waals surface area contributed by atoms with Crippen LogP contribution in [0.2, 0.25) is 5.02 Å². The first-order valence-corrected chi connectivity index (χ1v) is 8.56. The van der Waals surface area contributed by atoms with Crippen LogP contribution in [0, 0.1) is 0 Å². The van der Waals surface area contributed by atoms with E-state index in [2.05, 4.69) is 10.0 Å². The third-order valence-electron chi connectivity index (χ3n) is 3.40. The van der Waals surface area contributed by atoms with Gasteiger partial charge < -0.3 is 5.32 Å². The standard InChI is InChI=1S/C15H15ClN2O2S/c16-12-4-1-5-13(10-12)18-21(19,20)14-6-7-15-11(9-14)3-2-8-17-15/h1,4-7,9-10,17-18H,2-3,8H2. The SMILES string of the molecule is O=S(=O)(Nc1cccc(Cl)c1)c1ccc2c(c1)CCCN2. The highest BCUT2D eigenvalue weighted by molar-refractivity contribution is 7.92. The lowest BCUT2D eigenvalue weighted by molar-refractivity contribution is 0.601.